The SMILES string of the molecule is CC(=O)N1c2ccc(C(=O)O)cc2C(N)CC1C. The van der Waals surface area contributed by atoms with Gasteiger partial charge in [0, 0.05) is 24.7 Å². The normalized spacial score (nSPS) is 22.5. The van der Waals surface area contributed by atoms with Gasteiger partial charge in [-0.1, -0.05) is 0 Å². The van der Waals surface area contributed by atoms with Crippen molar-refractivity contribution in [3.8, 4) is 0 Å². The molecule has 0 fully saturated rings. The lowest BCUT2D eigenvalue weighted by molar-refractivity contribution is -0.117. The molecular formula is C13H16N2O3. The van der Waals surface area contributed by atoms with E-state index in [-0.39, 0.29) is 23.6 Å². The fourth-order valence-electron chi connectivity index (χ4n) is 2.52. The Morgan fingerprint density at radius 3 is 2.67 bits per heavy atom. The number of carboxylic acid groups (broad SMARTS) is 1. The standard InChI is InChI=1S/C13H16N2O3/c1-7-5-11(14)10-6-9(13(17)18)3-4-12(10)15(7)8(2)16/h3-4,6-7,11H,5,14H2,1-2H3,(H,17,18). The number of carbonyl (C=O) groups excluding carboxylic acids is 1. The van der Waals surface area contributed by atoms with E-state index in [4.69, 9.17) is 10.8 Å². The van der Waals surface area contributed by atoms with Crippen LogP contribution in [0.25, 0.3) is 0 Å². The van der Waals surface area contributed by atoms with Crippen molar-refractivity contribution >= 4 is 17.6 Å². The van der Waals surface area contributed by atoms with Crippen molar-refractivity contribution in [3.05, 3.63) is 29.3 Å². The fourth-order valence-corrected chi connectivity index (χ4v) is 2.52. The van der Waals surface area contributed by atoms with Crippen molar-refractivity contribution in [2.75, 3.05) is 4.90 Å². The summed E-state index contributed by atoms with van der Waals surface area (Å²) in [5, 5.41) is 8.98. The third-order valence-electron chi connectivity index (χ3n) is 3.31. The maximum atomic E-state index is 11.7. The Morgan fingerprint density at radius 2 is 2.11 bits per heavy atom. The lowest BCUT2D eigenvalue weighted by Crippen LogP contribution is -2.43. The van der Waals surface area contributed by atoms with E-state index in [1.165, 1.54) is 13.0 Å². The van der Waals surface area contributed by atoms with Crippen molar-refractivity contribution in [2.24, 2.45) is 5.73 Å². The minimum absolute atomic E-state index is 0.0284. The highest BCUT2D eigenvalue weighted by molar-refractivity contribution is 5.95. The van der Waals surface area contributed by atoms with Crippen LogP contribution in [0.5, 0.6) is 0 Å². The Morgan fingerprint density at radius 1 is 1.44 bits per heavy atom. The van der Waals surface area contributed by atoms with E-state index in [2.05, 4.69) is 0 Å². The van der Waals surface area contributed by atoms with Gasteiger partial charge in [0.25, 0.3) is 0 Å². The molecule has 18 heavy (non-hydrogen) atoms. The highest BCUT2D eigenvalue weighted by Gasteiger charge is 2.30. The Hall–Kier alpha value is -1.88. The van der Waals surface area contributed by atoms with Gasteiger partial charge in [-0.2, -0.15) is 0 Å². The van der Waals surface area contributed by atoms with Gasteiger partial charge < -0.3 is 15.7 Å². The lowest BCUT2D eigenvalue weighted by Gasteiger charge is -2.37. The summed E-state index contributed by atoms with van der Waals surface area (Å²) in [4.78, 5) is 24.3. The molecule has 0 saturated carbocycles. The number of aromatic carboxylic acids is 1. The summed E-state index contributed by atoms with van der Waals surface area (Å²) in [5.74, 6) is -1.04. The molecule has 1 aliphatic rings. The van der Waals surface area contributed by atoms with Crippen LogP contribution in [0.1, 0.15) is 42.2 Å². The van der Waals surface area contributed by atoms with Crippen LogP contribution >= 0.6 is 0 Å². The van der Waals surface area contributed by atoms with Crippen LogP contribution < -0.4 is 10.6 Å². The summed E-state index contributed by atoms with van der Waals surface area (Å²) >= 11 is 0. The Labute approximate surface area is 105 Å². The molecule has 5 heteroatoms. The summed E-state index contributed by atoms with van der Waals surface area (Å²) in [6.45, 7) is 3.44. The van der Waals surface area contributed by atoms with Crippen molar-refractivity contribution < 1.29 is 14.7 Å². The summed E-state index contributed by atoms with van der Waals surface area (Å²) in [6, 6.07) is 4.52. The maximum Gasteiger partial charge on any atom is 0.335 e. The zero-order valence-electron chi connectivity index (χ0n) is 10.4. The lowest BCUT2D eigenvalue weighted by atomic mass is 9.91. The van der Waals surface area contributed by atoms with Crippen LogP contribution in [0.3, 0.4) is 0 Å². The highest BCUT2D eigenvalue weighted by Crippen LogP contribution is 2.36. The van der Waals surface area contributed by atoms with Crippen molar-refractivity contribution in [3.63, 3.8) is 0 Å². The quantitative estimate of drug-likeness (QED) is 0.789. The van der Waals surface area contributed by atoms with Crippen molar-refractivity contribution in [2.45, 2.75) is 32.4 Å². The van der Waals surface area contributed by atoms with Crippen LogP contribution in [-0.2, 0) is 4.79 Å². The summed E-state index contributed by atoms with van der Waals surface area (Å²) in [6.07, 6.45) is 0.635. The molecule has 1 aromatic rings. The van der Waals surface area contributed by atoms with Gasteiger partial charge in [0.15, 0.2) is 0 Å². The van der Waals surface area contributed by atoms with E-state index in [1.807, 2.05) is 6.92 Å². The molecule has 0 spiro atoms. The molecule has 2 atom stereocenters. The van der Waals surface area contributed by atoms with E-state index in [0.29, 0.717) is 6.42 Å². The molecule has 1 aromatic carbocycles. The number of anilines is 1. The summed E-state index contributed by atoms with van der Waals surface area (Å²) in [7, 11) is 0. The number of nitrogens with zero attached hydrogens (tertiary/aromatic N) is 1. The minimum Gasteiger partial charge on any atom is -0.478 e. The van der Waals surface area contributed by atoms with Gasteiger partial charge in [-0.05, 0) is 37.1 Å². The largest absolute Gasteiger partial charge is 0.478 e. The first kappa shape index (κ1) is 12.6. The van der Waals surface area contributed by atoms with Crippen molar-refractivity contribution in [1.29, 1.82) is 0 Å². The molecule has 0 aliphatic carbocycles. The van der Waals surface area contributed by atoms with E-state index < -0.39 is 5.97 Å². The molecule has 0 bridgehead atoms. The van der Waals surface area contributed by atoms with Crippen LogP contribution in [-0.4, -0.2) is 23.0 Å². The number of carbonyl (C=O) groups is 2. The van der Waals surface area contributed by atoms with E-state index in [0.717, 1.165) is 11.3 Å². The van der Waals surface area contributed by atoms with E-state index in [9.17, 15) is 9.59 Å². The average Bonchev–Trinajstić information content (AvgIpc) is 2.27. The first-order valence-electron chi connectivity index (χ1n) is 5.84. The molecule has 3 N–H and O–H groups in total. The zero-order chi connectivity index (χ0) is 13.4. The number of hydrogen-bond acceptors (Lipinski definition) is 3. The molecule has 1 heterocycles. The van der Waals surface area contributed by atoms with Crippen LogP contribution in [0.2, 0.25) is 0 Å². The molecule has 2 unspecified atom stereocenters. The van der Waals surface area contributed by atoms with Gasteiger partial charge in [0.1, 0.15) is 0 Å². The zero-order valence-corrected chi connectivity index (χ0v) is 10.4. The second-order valence-corrected chi connectivity index (χ2v) is 4.66. The number of carboxylic acids is 1. The maximum absolute atomic E-state index is 11.7. The molecule has 5 nitrogen and oxygen atoms in total. The van der Waals surface area contributed by atoms with Crippen molar-refractivity contribution in [1.82, 2.24) is 0 Å². The number of hydrogen-bond donors (Lipinski definition) is 2. The fraction of sp³-hybridized carbons (Fsp3) is 0.385. The third-order valence-corrected chi connectivity index (χ3v) is 3.31. The number of fused-ring (bicyclic) bond motifs is 1. The predicted molar refractivity (Wildman–Crippen MR) is 67.6 cm³/mol. The van der Waals surface area contributed by atoms with Gasteiger partial charge >= 0.3 is 5.97 Å². The van der Waals surface area contributed by atoms with Gasteiger partial charge in [0.05, 0.1) is 5.56 Å². The Balaban J connectivity index is 2.55. The van der Waals surface area contributed by atoms with Gasteiger partial charge in [-0.15, -0.1) is 0 Å². The molecule has 0 radical (unpaired) electrons. The topological polar surface area (TPSA) is 83.6 Å². The first-order chi connectivity index (χ1) is 8.41. The number of nitrogens with two attached hydrogens (primary N) is 1. The van der Waals surface area contributed by atoms with Gasteiger partial charge in [0.2, 0.25) is 5.91 Å². The number of benzene rings is 1. The Bertz CT molecular complexity index is 513. The molecular weight excluding hydrogens is 232 g/mol. The molecule has 96 valence electrons. The van der Waals surface area contributed by atoms with Gasteiger partial charge in [-0.3, -0.25) is 4.79 Å². The third kappa shape index (κ3) is 1.97. The number of rotatable bonds is 1. The molecule has 0 saturated heterocycles. The molecule has 2 rings (SSSR count). The van der Waals surface area contributed by atoms with Crippen LogP contribution in [0.4, 0.5) is 5.69 Å². The van der Waals surface area contributed by atoms with Crippen LogP contribution in [0.15, 0.2) is 18.2 Å². The molecule has 0 aromatic heterocycles. The molecule has 1 aliphatic heterocycles. The smallest absolute Gasteiger partial charge is 0.335 e. The predicted octanol–water partition coefficient (Wildman–Crippen LogP) is 1.53. The number of amides is 1. The summed E-state index contributed by atoms with van der Waals surface area (Å²) < 4.78 is 0. The second kappa shape index (κ2) is 4.42. The van der Waals surface area contributed by atoms with E-state index in [1.54, 1.807) is 17.0 Å². The molecule has 1 amide bonds. The van der Waals surface area contributed by atoms with Crippen LogP contribution in [0, 0.1) is 0 Å². The minimum atomic E-state index is -0.988. The monoisotopic (exact) mass is 248 g/mol. The highest BCUT2D eigenvalue weighted by atomic mass is 16.4. The van der Waals surface area contributed by atoms with Gasteiger partial charge in [-0.25, -0.2) is 4.79 Å². The summed E-state index contributed by atoms with van der Waals surface area (Å²) in [5.41, 5.74) is 7.68. The second-order valence-electron chi connectivity index (χ2n) is 4.66. The average molecular weight is 248 g/mol. The Kier molecular flexibility index (Phi) is 3.09. The van der Waals surface area contributed by atoms with E-state index >= 15 is 0 Å². The first-order valence-corrected chi connectivity index (χ1v) is 5.84.